The fraction of sp³-hybridized carbons (Fsp3) is 0.200. The van der Waals surface area contributed by atoms with Gasteiger partial charge in [-0.15, -0.1) is 0 Å². The summed E-state index contributed by atoms with van der Waals surface area (Å²) in [6, 6.07) is 7.58. The van der Waals surface area contributed by atoms with Crippen molar-refractivity contribution >= 4 is 21.6 Å². The van der Waals surface area contributed by atoms with E-state index in [4.69, 9.17) is 0 Å². The van der Waals surface area contributed by atoms with E-state index in [-0.39, 0.29) is 16.4 Å². The summed E-state index contributed by atoms with van der Waals surface area (Å²) >= 11 is 0. The number of rotatable bonds is 4. The van der Waals surface area contributed by atoms with Crippen molar-refractivity contribution in [1.82, 2.24) is 0 Å². The molecule has 0 fully saturated rings. The van der Waals surface area contributed by atoms with E-state index in [2.05, 4.69) is 9.44 Å². The number of oxime groups is 1. The van der Waals surface area contributed by atoms with Gasteiger partial charge in [0.1, 0.15) is 10.6 Å². The maximum Gasteiger partial charge on any atom is 0.358 e. The third-order valence-electron chi connectivity index (χ3n) is 1.81. The van der Waals surface area contributed by atoms with Crippen LogP contribution in [-0.4, -0.2) is 19.9 Å². The van der Waals surface area contributed by atoms with Crippen LogP contribution < -0.4 is 0 Å². The molecule has 0 aromatic heterocycles. The molecule has 0 atom stereocenters. The summed E-state index contributed by atoms with van der Waals surface area (Å²) in [6.45, 7) is 2.65. The Morgan fingerprint density at radius 3 is 2.25 bits per heavy atom. The van der Waals surface area contributed by atoms with Crippen molar-refractivity contribution in [2.45, 2.75) is 18.7 Å². The molecular weight excluding hydrogens is 230 g/mol. The maximum atomic E-state index is 11.5. The van der Waals surface area contributed by atoms with Crippen LogP contribution in [0.2, 0.25) is 0 Å². The van der Waals surface area contributed by atoms with E-state index in [1.54, 1.807) is 18.2 Å². The Labute approximate surface area is 93.9 Å². The molecule has 0 N–H and O–H groups in total. The summed E-state index contributed by atoms with van der Waals surface area (Å²) in [5.41, 5.74) is -0.000457. The quantitative estimate of drug-likeness (QED) is 0.589. The molecule has 86 valence electrons. The van der Waals surface area contributed by atoms with Crippen molar-refractivity contribution in [2.75, 3.05) is 0 Å². The molecular formula is C10H11NO4S. The normalized spacial score (nSPS) is 12.2. The molecule has 6 heteroatoms. The van der Waals surface area contributed by atoms with Crippen LogP contribution in [-0.2, 0) is 19.2 Å². The van der Waals surface area contributed by atoms with Crippen LogP contribution in [0, 0.1) is 0 Å². The summed E-state index contributed by atoms with van der Waals surface area (Å²) in [6.07, 6.45) is 0. The van der Waals surface area contributed by atoms with E-state index in [0.717, 1.165) is 0 Å². The molecule has 0 unspecified atom stereocenters. The molecule has 0 spiro atoms. The first-order chi connectivity index (χ1) is 7.43. The zero-order chi connectivity index (χ0) is 12.2. The number of Topliss-reactive ketones (excluding diaryl/α,β-unsaturated/α-hetero) is 1. The average Bonchev–Trinajstić information content (AvgIpc) is 2.27. The van der Waals surface area contributed by atoms with Gasteiger partial charge in [-0.25, -0.2) is 0 Å². The summed E-state index contributed by atoms with van der Waals surface area (Å²) in [7, 11) is -3.93. The molecule has 0 aliphatic rings. The second-order valence-corrected chi connectivity index (χ2v) is 4.60. The highest BCUT2D eigenvalue weighted by Gasteiger charge is 2.15. The van der Waals surface area contributed by atoms with Crippen LogP contribution in [0.15, 0.2) is 40.4 Å². The Kier molecular flexibility index (Phi) is 3.78. The second kappa shape index (κ2) is 4.89. The molecule has 16 heavy (non-hydrogen) atoms. The standard InChI is InChI=1S/C10H11NO4S/c1-8(9(2)12)11-15-16(13,14)10-6-4-3-5-7-10/h3-7H,1-2H3/b11-8-. The molecule has 0 saturated carbocycles. The Bertz CT molecular complexity index is 505. The van der Waals surface area contributed by atoms with Gasteiger partial charge in [0.2, 0.25) is 0 Å². The highest BCUT2D eigenvalue weighted by Crippen LogP contribution is 2.11. The number of hydrogen-bond acceptors (Lipinski definition) is 5. The largest absolute Gasteiger partial charge is 0.358 e. The minimum atomic E-state index is -3.93. The smallest absolute Gasteiger partial charge is 0.293 e. The third-order valence-corrected chi connectivity index (χ3v) is 2.93. The number of hydrogen-bond donors (Lipinski definition) is 0. The van der Waals surface area contributed by atoms with Gasteiger partial charge in [-0.2, -0.15) is 8.42 Å². The van der Waals surface area contributed by atoms with Gasteiger partial charge in [0.05, 0.1) is 0 Å². The van der Waals surface area contributed by atoms with E-state index in [9.17, 15) is 13.2 Å². The van der Waals surface area contributed by atoms with Gasteiger partial charge in [0.25, 0.3) is 0 Å². The molecule has 5 nitrogen and oxygen atoms in total. The Balaban J connectivity index is 2.90. The van der Waals surface area contributed by atoms with Crippen LogP contribution in [0.4, 0.5) is 0 Å². The second-order valence-electron chi connectivity index (χ2n) is 3.07. The molecule has 0 amide bonds. The van der Waals surface area contributed by atoms with Crippen molar-refractivity contribution in [3.63, 3.8) is 0 Å². The van der Waals surface area contributed by atoms with E-state index >= 15 is 0 Å². The zero-order valence-electron chi connectivity index (χ0n) is 8.88. The lowest BCUT2D eigenvalue weighted by Crippen LogP contribution is -2.08. The minimum Gasteiger partial charge on any atom is -0.293 e. The molecule has 0 radical (unpaired) electrons. The van der Waals surface area contributed by atoms with E-state index in [1.165, 1.54) is 26.0 Å². The van der Waals surface area contributed by atoms with E-state index in [1.807, 2.05) is 0 Å². The van der Waals surface area contributed by atoms with Gasteiger partial charge in [-0.3, -0.25) is 9.08 Å². The Morgan fingerprint density at radius 2 is 1.75 bits per heavy atom. The SMILES string of the molecule is CC(=O)/C(C)=N\OS(=O)(=O)c1ccccc1. The van der Waals surface area contributed by atoms with Gasteiger partial charge < -0.3 is 0 Å². The van der Waals surface area contributed by atoms with Crippen molar-refractivity contribution in [3.8, 4) is 0 Å². The molecule has 0 bridgehead atoms. The summed E-state index contributed by atoms with van der Waals surface area (Å²) in [5, 5.41) is 3.25. The Morgan fingerprint density at radius 1 is 1.19 bits per heavy atom. The predicted molar refractivity (Wildman–Crippen MR) is 58.5 cm³/mol. The average molecular weight is 241 g/mol. The highest BCUT2D eigenvalue weighted by molar-refractivity contribution is 7.86. The van der Waals surface area contributed by atoms with Crippen LogP contribution in [0.3, 0.4) is 0 Å². The van der Waals surface area contributed by atoms with E-state index < -0.39 is 10.1 Å². The topological polar surface area (TPSA) is 72.8 Å². The summed E-state index contributed by atoms with van der Waals surface area (Å²) in [4.78, 5) is 10.8. The fourth-order valence-electron chi connectivity index (χ4n) is 0.799. The first-order valence-corrected chi connectivity index (χ1v) is 5.88. The maximum absolute atomic E-state index is 11.5. The van der Waals surface area contributed by atoms with Gasteiger partial charge >= 0.3 is 10.1 Å². The van der Waals surface area contributed by atoms with Gasteiger partial charge in [-0.1, -0.05) is 23.4 Å². The van der Waals surface area contributed by atoms with Crippen molar-refractivity contribution < 1.29 is 17.5 Å². The van der Waals surface area contributed by atoms with Crippen LogP contribution in [0.1, 0.15) is 13.8 Å². The van der Waals surface area contributed by atoms with Gasteiger partial charge in [0.15, 0.2) is 5.78 Å². The zero-order valence-corrected chi connectivity index (χ0v) is 9.69. The number of carbonyl (C=O) groups is 1. The monoisotopic (exact) mass is 241 g/mol. The van der Waals surface area contributed by atoms with Crippen LogP contribution in [0.25, 0.3) is 0 Å². The molecule has 1 aromatic rings. The van der Waals surface area contributed by atoms with E-state index in [0.29, 0.717) is 0 Å². The van der Waals surface area contributed by atoms with Crippen molar-refractivity contribution in [2.24, 2.45) is 5.16 Å². The van der Waals surface area contributed by atoms with Gasteiger partial charge in [-0.05, 0) is 19.1 Å². The minimum absolute atomic E-state index is 0.000457. The fourth-order valence-corrected chi connectivity index (χ4v) is 1.59. The van der Waals surface area contributed by atoms with Crippen molar-refractivity contribution in [3.05, 3.63) is 30.3 Å². The predicted octanol–water partition coefficient (Wildman–Crippen LogP) is 1.36. The lowest BCUT2D eigenvalue weighted by molar-refractivity contribution is -0.111. The van der Waals surface area contributed by atoms with Crippen molar-refractivity contribution in [1.29, 1.82) is 0 Å². The number of nitrogens with zero attached hydrogens (tertiary/aromatic N) is 1. The summed E-state index contributed by atoms with van der Waals surface area (Å²) < 4.78 is 27.4. The molecule has 1 rings (SSSR count). The van der Waals surface area contributed by atoms with Crippen LogP contribution >= 0.6 is 0 Å². The molecule has 1 aromatic carbocycles. The number of ketones is 1. The highest BCUT2D eigenvalue weighted by atomic mass is 32.2. The number of carbonyl (C=O) groups excluding carboxylic acids is 1. The lowest BCUT2D eigenvalue weighted by atomic mass is 10.3. The third kappa shape index (κ3) is 3.16. The lowest BCUT2D eigenvalue weighted by Gasteiger charge is -2.01. The number of benzene rings is 1. The first kappa shape index (κ1) is 12.4. The van der Waals surface area contributed by atoms with Crippen LogP contribution in [0.5, 0.6) is 0 Å². The Hall–Kier alpha value is -1.69. The molecule has 0 heterocycles. The molecule has 0 aliphatic carbocycles. The van der Waals surface area contributed by atoms with Gasteiger partial charge in [0, 0.05) is 6.92 Å². The molecule has 0 aliphatic heterocycles. The summed E-state index contributed by atoms with van der Waals surface area (Å²) in [5.74, 6) is -0.344. The molecule has 0 saturated heterocycles. The first-order valence-electron chi connectivity index (χ1n) is 4.48.